The van der Waals surface area contributed by atoms with Crippen molar-refractivity contribution in [1.82, 2.24) is 0 Å². The van der Waals surface area contributed by atoms with Gasteiger partial charge >= 0.3 is 0 Å². The van der Waals surface area contributed by atoms with E-state index in [0.717, 1.165) is 28.1 Å². The molecule has 1 unspecified atom stereocenters. The zero-order chi connectivity index (χ0) is 22.5. The first-order valence-corrected chi connectivity index (χ1v) is 10.8. The third-order valence-corrected chi connectivity index (χ3v) is 6.42. The number of aryl methyl sites for hydroxylation is 2. The number of nitrogens with two attached hydrogens (primary N) is 1. The minimum absolute atomic E-state index is 0.0727. The van der Waals surface area contributed by atoms with E-state index in [2.05, 4.69) is 26.0 Å². The molecule has 0 bridgehead atoms. The minimum Gasteiger partial charge on any atom is -0.384 e. The van der Waals surface area contributed by atoms with Crippen LogP contribution in [0.4, 0.5) is 5.69 Å². The van der Waals surface area contributed by atoms with Crippen LogP contribution in [-0.2, 0) is 4.79 Å². The van der Waals surface area contributed by atoms with Crippen molar-refractivity contribution in [2.45, 2.75) is 46.5 Å². The maximum Gasteiger partial charge on any atom is 0.162 e. The summed E-state index contributed by atoms with van der Waals surface area (Å²) in [6.07, 6.45) is 1.12. The fourth-order valence-corrected chi connectivity index (χ4v) is 5.06. The van der Waals surface area contributed by atoms with Crippen LogP contribution in [0.5, 0.6) is 0 Å². The van der Waals surface area contributed by atoms with Crippen LogP contribution in [0.25, 0.3) is 0 Å². The van der Waals surface area contributed by atoms with Crippen molar-refractivity contribution in [3.63, 3.8) is 0 Å². The molecule has 0 aromatic heterocycles. The molecule has 1 heterocycles. The highest BCUT2D eigenvalue weighted by molar-refractivity contribution is 6.30. The Morgan fingerprint density at radius 1 is 1.16 bits per heavy atom. The molecule has 0 spiro atoms. The van der Waals surface area contributed by atoms with Crippen LogP contribution in [0.1, 0.15) is 49.3 Å². The Balaban J connectivity index is 2.03. The van der Waals surface area contributed by atoms with Crippen LogP contribution in [0.2, 0.25) is 5.02 Å². The van der Waals surface area contributed by atoms with Crippen LogP contribution in [-0.4, -0.2) is 5.78 Å². The number of allylic oxidation sites excluding steroid dienone is 3. The maximum absolute atomic E-state index is 13.5. The van der Waals surface area contributed by atoms with Gasteiger partial charge in [0.15, 0.2) is 5.78 Å². The number of hydrogen-bond acceptors (Lipinski definition) is 4. The molecule has 2 aliphatic rings. The van der Waals surface area contributed by atoms with Gasteiger partial charge in [0.2, 0.25) is 0 Å². The quantitative estimate of drug-likeness (QED) is 0.642. The van der Waals surface area contributed by atoms with Gasteiger partial charge in [0.1, 0.15) is 5.82 Å². The summed E-state index contributed by atoms with van der Waals surface area (Å²) in [7, 11) is 0. The van der Waals surface area contributed by atoms with Gasteiger partial charge in [-0.3, -0.25) is 9.69 Å². The Morgan fingerprint density at radius 2 is 1.90 bits per heavy atom. The van der Waals surface area contributed by atoms with E-state index in [-0.39, 0.29) is 11.2 Å². The van der Waals surface area contributed by atoms with E-state index >= 15 is 0 Å². The maximum atomic E-state index is 13.5. The van der Waals surface area contributed by atoms with Crippen molar-refractivity contribution in [1.29, 1.82) is 5.26 Å². The fourth-order valence-electron chi connectivity index (χ4n) is 4.88. The van der Waals surface area contributed by atoms with Gasteiger partial charge in [-0.15, -0.1) is 0 Å². The van der Waals surface area contributed by atoms with Crippen molar-refractivity contribution < 1.29 is 4.79 Å². The van der Waals surface area contributed by atoms with Crippen LogP contribution in [0, 0.1) is 30.6 Å². The van der Waals surface area contributed by atoms with Gasteiger partial charge in [-0.2, -0.15) is 5.26 Å². The average molecular weight is 432 g/mol. The molecule has 1 atom stereocenters. The Labute approximate surface area is 188 Å². The summed E-state index contributed by atoms with van der Waals surface area (Å²) in [6.45, 7) is 8.24. The van der Waals surface area contributed by atoms with Crippen LogP contribution in [0.3, 0.4) is 0 Å². The van der Waals surface area contributed by atoms with E-state index in [9.17, 15) is 10.1 Å². The lowest BCUT2D eigenvalue weighted by Crippen LogP contribution is -2.42. The van der Waals surface area contributed by atoms with Gasteiger partial charge < -0.3 is 5.73 Å². The summed E-state index contributed by atoms with van der Waals surface area (Å²) in [4.78, 5) is 15.4. The lowest BCUT2D eigenvalue weighted by atomic mass is 9.68. The molecule has 0 saturated heterocycles. The Bertz CT molecular complexity index is 1200. The number of ketones is 1. The zero-order valence-electron chi connectivity index (χ0n) is 18.3. The molecule has 4 rings (SSSR count). The molecule has 0 saturated carbocycles. The molecule has 0 fully saturated rings. The van der Waals surface area contributed by atoms with Crippen LogP contribution < -0.4 is 10.6 Å². The molecule has 2 aromatic rings. The van der Waals surface area contributed by atoms with Gasteiger partial charge in [-0.25, -0.2) is 0 Å². The number of carbonyl (C=O) groups excluding carboxylic acids is 1. The molecule has 0 radical (unpaired) electrons. The zero-order valence-corrected chi connectivity index (χ0v) is 19.0. The third-order valence-electron chi connectivity index (χ3n) is 6.18. The standard InChI is InChI=1S/C26H26ClN3O/c1-15-8-9-19(16(2)10-15)23-20(14-28)25(29)30(18-7-5-6-17(27)11-18)21-12-26(3,4)13-22(31)24(21)23/h5-11,23H,12-13,29H2,1-4H3. The van der Waals surface area contributed by atoms with E-state index in [1.807, 2.05) is 49.1 Å². The third kappa shape index (κ3) is 3.64. The number of hydrogen-bond donors (Lipinski definition) is 1. The number of carbonyl (C=O) groups is 1. The minimum atomic E-state index is -0.459. The van der Waals surface area contributed by atoms with Gasteiger partial charge in [0.05, 0.1) is 17.6 Å². The molecule has 1 aliphatic carbocycles. The van der Waals surface area contributed by atoms with Gasteiger partial charge in [0, 0.05) is 28.4 Å². The summed E-state index contributed by atoms with van der Waals surface area (Å²) < 4.78 is 0. The average Bonchev–Trinajstić information content (AvgIpc) is 2.66. The smallest absolute Gasteiger partial charge is 0.162 e. The summed E-state index contributed by atoms with van der Waals surface area (Å²) in [5, 5.41) is 10.7. The normalized spacial score (nSPS) is 20.6. The second-order valence-electron chi connectivity index (χ2n) is 9.32. The topological polar surface area (TPSA) is 70.1 Å². The summed E-state index contributed by atoms with van der Waals surface area (Å²) in [5.74, 6) is -0.0258. The molecule has 2 aromatic carbocycles. The van der Waals surface area contributed by atoms with Crippen molar-refractivity contribution in [2.75, 3.05) is 4.90 Å². The Kier molecular flexibility index (Phi) is 5.19. The van der Waals surface area contributed by atoms with Crippen molar-refractivity contribution >= 4 is 23.1 Å². The lowest BCUT2D eigenvalue weighted by Gasteiger charge is -2.44. The van der Waals surface area contributed by atoms with Gasteiger partial charge in [-0.05, 0) is 55.0 Å². The number of benzene rings is 2. The lowest BCUT2D eigenvalue weighted by molar-refractivity contribution is -0.118. The van der Waals surface area contributed by atoms with Crippen molar-refractivity contribution in [3.8, 4) is 6.07 Å². The Hall–Kier alpha value is -3.03. The highest BCUT2D eigenvalue weighted by Crippen LogP contribution is 2.50. The summed E-state index contributed by atoms with van der Waals surface area (Å²) in [5.41, 5.74) is 12.3. The molecule has 0 amide bonds. The molecular weight excluding hydrogens is 406 g/mol. The molecule has 158 valence electrons. The first kappa shape index (κ1) is 21.2. The monoisotopic (exact) mass is 431 g/mol. The predicted molar refractivity (Wildman–Crippen MR) is 124 cm³/mol. The van der Waals surface area contributed by atoms with Crippen LogP contribution >= 0.6 is 11.6 Å². The number of anilines is 1. The Morgan fingerprint density at radius 3 is 2.55 bits per heavy atom. The number of nitriles is 1. The largest absolute Gasteiger partial charge is 0.384 e. The number of rotatable bonds is 2. The molecule has 1 aliphatic heterocycles. The van der Waals surface area contributed by atoms with E-state index in [0.29, 0.717) is 34.8 Å². The molecule has 31 heavy (non-hydrogen) atoms. The first-order valence-electron chi connectivity index (χ1n) is 10.4. The van der Waals surface area contributed by atoms with E-state index < -0.39 is 5.92 Å². The van der Waals surface area contributed by atoms with E-state index in [4.69, 9.17) is 17.3 Å². The van der Waals surface area contributed by atoms with Crippen LogP contribution in [0.15, 0.2) is 65.1 Å². The van der Waals surface area contributed by atoms with Crippen molar-refractivity contribution in [3.05, 3.63) is 86.8 Å². The first-order chi connectivity index (χ1) is 14.6. The molecule has 2 N–H and O–H groups in total. The fraction of sp³-hybridized carbons (Fsp3) is 0.308. The highest BCUT2D eigenvalue weighted by Gasteiger charge is 2.45. The molecular formula is C26H26ClN3O. The SMILES string of the molecule is Cc1ccc(C2C(C#N)=C(N)N(c3cccc(Cl)c3)C3=C2C(=O)CC(C)(C)C3)c(C)c1. The van der Waals surface area contributed by atoms with E-state index in [1.54, 1.807) is 6.07 Å². The second-order valence-corrected chi connectivity index (χ2v) is 9.76. The number of Topliss-reactive ketones (excluding diaryl/α,β-unsaturated/α-hetero) is 1. The highest BCUT2D eigenvalue weighted by atomic mass is 35.5. The molecule has 5 heteroatoms. The second kappa shape index (κ2) is 7.59. The van der Waals surface area contributed by atoms with Gasteiger partial charge in [0.25, 0.3) is 0 Å². The molecule has 4 nitrogen and oxygen atoms in total. The predicted octanol–water partition coefficient (Wildman–Crippen LogP) is 5.90. The van der Waals surface area contributed by atoms with Gasteiger partial charge in [-0.1, -0.05) is 55.3 Å². The number of halogens is 1. The van der Waals surface area contributed by atoms with E-state index in [1.165, 1.54) is 0 Å². The summed E-state index contributed by atoms with van der Waals surface area (Å²) >= 11 is 6.27. The van der Waals surface area contributed by atoms with Crippen molar-refractivity contribution in [2.24, 2.45) is 11.1 Å². The number of nitrogens with zero attached hydrogens (tertiary/aromatic N) is 2. The summed E-state index contributed by atoms with van der Waals surface area (Å²) in [6, 6.07) is 15.8.